The summed E-state index contributed by atoms with van der Waals surface area (Å²) in [7, 11) is 3.94. The van der Waals surface area contributed by atoms with Crippen molar-refractivity contribution < 1.29 is 0 Å². The van der Waals surface area contributed by atoms with E-state index in [4.69, 9.17) is 0 Å². The summed E-state index contributed by atoms with van der Waals surface area (Å²) in [6, 6.07) is 0.266. The van der Waals surface area contributed by atoms with Crippen LogP contribution in [0.1, 0.15) is 36.6 Å². The van der Waals surface area contributed by atoms with Gasteiger partial charge in [0, 0.05) is 44.9 Å². The molecule has 0 aromatic carbocycles. The number of anilines is 1. The highest BCUT2D eigenvalue weighted by atomic mass is 15.2. The second kappa shape index (κ2) is 5.65. The first kappa shape index (κ1) is 15.1. The van der Waals surface area contributed by atoms with E-state index in [1.165, 1.54) is 12.8 Å². The molecule has 1 fully saturated rings. The van der Waals surface area contributed by atoms with Crippen molar-refractivity contribution in [3.8, 4) is 0 Å². The molecule has 0 atom stereocenters. The predicted molar refractivity (Wildman–Crippen MR) is 95.5 cm³/mol. The molecule has 9 heteroatoms. The predicted octanol–water partition coefficient (Wildman–Crippen LogP) is 1.83. The van der Waals surface area contributed by atoms with Crippen molar-refractivity contribution in [2.24, 2.45) is 14.1 Å². The summed E-state index contributed by atoms with van der Waals surface area (Å²) < 4.78 is 6.10. The van der Waals surface area contributed by atoms with Gasteiger partial charge in [-0.15, -0.1) is 0 Å². The lowest BCUT2D eigenvalue weighted by molar-refractivity contribution is 0.676. The zero-order valence-electron chi connectivity index (χ0n) is 14.6. The fourth-order valence-corrected chi connectivity index (χ4v) is 3.27. The Morgan fingerprint density at radius 2 is 1.65 bits per heavy atom. The molecule has 0 bridgehead atoms. The molecule has 5 rings (SSSR count). The molecule has 0 amide bonds. The number of hydrogen-bond donors (Lipinski definition) is 1. The molecule has 26 heavy (non-hydrogen) atoms. The minimum absolute atomic E-state index is 0.251. The zero-order valence-corrected chi connectivity index (χ0v) is 14.6. The van der Waals surface area contributed by atoms with E-state index in [0.29, 0.717) is 11.9 Å². The fraction of sp³-hybridized carbons (Fsp3) is 0.353. The summed E-state index contributed by atoms with van der Waals surface area (Å²) in [4.78, 5) is 22.5. The third-order valence-electron chi connectivity index (χ3n) is 4.81. The van der Waals surface area contributed by atoms with Crippen LogP contribution in [0.25, 0.3) is 11.2 Å². The average molecular weight is 349 g/mol. The van der Waals surface area contributed by atoms with Gasteiger partial charge in [-0.25, -0.2) is 24.9 Å². The van der Waals surface area contributed by atoms with Crippen LogP contribution in [-0.2, 0) is 14.1 Å². The van der Waals surface area contributed by atoms with E-state index >= 15 is 0 Å². The first-order valence-electron chi connectivity index (χ1n) is 8.61. The van der Waals surface area contributed by atoms with E-state index in [9.17, 15) is 0 Å². The Morgan fingerprint density at radius 1 is 0.962 bits per heavy atom. The highest BCUT2D eigenvalue weighted by molar-refractivity contribution is 5.83. The van der Waals surface area contributed by atoms with Gasteiger partial charge >= 0.3 is 0 Å². The number of aryl methyl sites for hydroxylation is 2. The van der Waals surface area contributed by atoms with Gasteiger partial charge in [-0.1, -0.05) is 0 Å². The van der Waals surface area contributed by atoms with E-state index in [1.54, 1.807) is 18.7 Å². The zero-order chi connectivity index (χ0) is 17.7. The Hall–Kier alpha value is -3.23. The maximum atomic E-state index is 4.56. The van der Waals surface area contributed by atoms with Crippen LogP contribution in [0.15, 0.2) is 37.4 Å². The normalized spacial score (nSPS) is 14.4. The molecule has 0 aliphatic heterocycles. The van der Waals surface area contributed by atoms with Crippen molar-refractivity contribution in [3.63, 3.8) is 0 Å². The minimum atomic E-state index is -0.251. The van der Waals surface area contributed by atoms with Crippen LogP contribution >= 0.6 is 0 Å². The van der Waals surface area contributed by atoms with Gasteiger partial charge in [0.2, 0.25) is 0 Å². The fourth-order valence-electron chi connectivity index (χ4n) is 3.27. The van der Waals surface area contributed by atoms with Gasteiger partial charge in [-0.3, -0.25) is 0 Å². The van der Waals surface area contributed by atoms with E-state index in [0.717, 1.165) is 22.8 Å². The van der Waals surface area contributed by atoms with Crippen LogP contribution in [0, 0.1) is 0 Å². The molecule has 1 aliphatic rings. The van der Waals surface area contributed by atoms with Crippen molar-refractivity contribution in [3.05, 3.63) is 49.1 Å². The van der Waals surface area contributed by atoms with Crippen molar-refractivity contribution >= 4 is 17.0 Å². The lowest BCUT2D eigenvalue weighted by Crippen LogP contribution is -2.21. The third kappa shape index (κ3) is 2.35. The van der Waals surface area contributed by atoms with Crippen molar-refractivity contribution in [1.82, 2.24) is 38.6 Å². The summed E-state index contributed by atoms with van der Waals surface area (Å²) in [6.45, 7) is 0. The Bertz CT molecular complexity index is 1030. The molecule has 4 aromatic rings. The van der Waals surface area contributed by atoms with Gasteiger partial charge in [0.15, 0.2) is 11.5 Å². The molecule has 9 nitrogen and oxygen atoms in total. The van der Waals surface area contributed by atoms with Gasteiger partial charge in [-0.2, -0.15) is 0 Å². The molecule has 0 saturated heterocycles. The van der Waals surface area contributed by atoms with Gasteiger partial charge in [0.1, 0.15) is 29.5 Å². The molecule has 0 unspecified atom stereocenters. The molecular weight excluding hydrogens is 330 g/mol. The summed E-state index contributed by atoms with van der Waals surface area (Å²) in [5.74, 6) is 2.39. The van der Waals surface area contributed by atoms with E-state index < -0.39 is 0 Å². The quantitative estimate of drug-likeness (QED) is 0.591. The Balaban J connectivity index is 1.60. The second-order valence-electron chi connectivity index (χ2n) is 6.65. The Labute approximate surface area is 149 Å². The first-order valence-corrected chi connectivity index (χ1v) is 8.61. The van der Waals surface area contributed by atoms with Crippen LogP contribution in [0.2, 0.25) is 0 Å². The lowest BCUT2D eigenvalue weighted by Gasteiger charge is -2.19. The van der Waals surface area contributed by atoms with E-state index in [-0.39, 0.29) is 6.04 Å². The number of nitrogens with one attached hydrogen (secondary N) is 1. The molecule has 132 valence electrons. The first-order chi connectivity index (χ1) is 12.7. The molecule has 1 N–H and O–H groups in total. The lowest BCUT2D eigenvalue weighted by atomic mass is 10.2. The standard InChI is InChI=1S/C17H19N9/c1-24-7-5-18-15(24)13(16-19-6-8-25(16)2)23-14-12-17(21-9-20-14)26(10-22-12)11-3-4-11/h5-11,13H,3-4H2,1-2H3,(H,20,21,23). The monoisotopic (exact) mass is 349 g/mol. The van der Waals surface area contributed by atoms with E-state index in [2.05, 4.69) is 34.8 Å². The minimum Gasteiger partial charge on any atom is -0.352 e. The van der Waals surface area contributed by atoms with Gasteiger partial charge in [0.25, 0.3) is 0 Å². The summed E-state index contributed by atoms with van der Waals surface area (Å²) in [5.41, 5.74) is 1.64. The van der Waals surface area contributed by atoms with Crippen molar-refractivity contribution in [2.75, 3.05) is 5.32 Å². The Kier molecular flexibility index (Phi) is 3.27. The number of fused-ring (bicyclic) bond motifs is 1. The maximum Gasteiger partial charge on any atom is 0.165 e. The molecule has 0 radical (unpaired) electrons. The van der Waals surface area contributed by atoms with Crippen molar-refractivity contribution in [1.29, 1.82) is 0 Å². The van der Waals surface area contributed by atoms with Crippen LogP contribution in [-0.4, -0.2) is 38.6 Å². The highest BCUT2D eigenvalue weighted by Gasteiger charge is 2.28. The summed E-state index contributed by atoms with van der Waals surface area (Å²) in [5, 5.41) is 3.49. The number of nitrogens with zero attached hydrogens (tertiary/aromatic N) is 8. The molecule has 1 saturated carbocycles. The van der Waals surface area contributed by atoms with Crippen LogP contribution in [0.4, 0.5) is 5.82 Å². The number of hydrogen-bond acceptors (Lipinski definition) is 6. The van der Waals surface area contributed by atoms with Gasteiger partial charge < -0.3 is 19.0 Å². The third-order valence-corrected chi connectivity index (χ3v) is 4.81. The molecule has 0 spiro atoms. The highest BCUT2D eigenvalue weighted by Crippen LogP contribution is 2.37. The van der Waals surface area contributed by atoms with Gasteiger partial charge in [0.05, 0.1) is 6.33 Å². The molecule has 4 aromatic heterocycles. The largest absolute Gasteiger partial charge is 0.352 e. The smallest absolute Gasteiger partial charge is 0.165 e. The SMILES string of the molecule is Cn1ccnc1C(Nc1ncnc2c1ncn2C1CC1)c1nccn1C. The number of aromatic nitrogens is 8. The van der Waals surface area contributed by atoms with Crippen LogP contribution in [0.3, 0.4) is 0 Å². The molecular formula is C17H19N9. The van der Waals surface area contributed by atoms with Crippen LogP contribution < -0.4 is 5.32 Å². The molecule has 1 aliphatic carbocycles. The topological polar surface area (TPSA) is 91.3 Å². The van der Waals surface area contributed by atoms with Crippen molar-refractivity contribution in [2.45, 2.75) is 24.9 Å². The maximum absolute atomic E-state index is 4.56. The number of rotatable bonds is 5. The van der Waals surface area contributed by atoms with E-state index in [1.807, 2.05) is 42.0 Å². The second-order valence-corrected chi connectivity index (χ2v) is 6.65. The molecule has 4 heterocycles. The average Bonchev–Trinajstić information content (AvgIpc) is 3.03. The number of imidazole rings is 3. The van der Waals surface area contributed by atoms with Gasteiger partial charge in [-0.05, 0) is 12.8 Å². The summed E-state index contributed by atoms with van der Waals surface area (Å²) >= 11 is 0. The summed E-state index contributed by atoms with van der Waals surface area (Å²) in [6.07, 6.45) is 13.2. The Morgan fingerprint density at radius 3 is 2.23 bits per heavy atom. The van der Waals surface area contributed by atoms with Crippen LogP contribution in [0.5, 0.6) is 0 Å².